The number of hydrogen-bond donors (Lipinski definition) is 2. The van der Waals surface area contributed by atoms with E-state index >= 15 is 0 Å². The van der Waals surface area contributed by atoms with Crippen molar-refractivity contribution in [1.29, 1.82) is 0 Å². The van der Waals surface area contributed by atoms with Gasteiger partial charge in [0.25, 0.3) is 5.91 Å². The molecule has 0 spiro atoms. The Morgan fingerprint density at radius 2 is 1.44 bits per heavy atom. The fourth-order valence-electron chi connectivity index (χ4n) is 3.22. The lowest BCUT2D eigenvalue weighted by Crippen LogP contribution is -2.28. The maximum absolute atomic E-state index is 12.7. The number of amides is 1. The molecular weight excluding hydrogens is 502 g/mol. The summed E-state index contributed by atoms with van der Waals surface area (Å²) in [6.07, 6.45) is 0. The molecule has 36 heavy (non-hydrogen) atoms. The van der Waals surface area contributed by atoms with E-state index in [1.165, 1.54) is 50.5 Å². The summed E-state index contributed by atoms with van der Waals surface area (Å²) in [5.74, 6) is -0.0338. The summed E-state index contributed by atoms with van der Waals surface area (Å²) < 4.78 is 58.8. The second-order valence-corrected chi connectivity index (χ2v) is 12.1. The highest BCUT2D eigenvalue weighted by molar-refractivity contribution is 7.89. The van der Waals surface area contributed by atoms with Crippen LogP contribution in [0.25, 0.3) is 0 Å². The highest BCUT2D eigenvalue weighted by Gasteiger charge is 2.19. The standard InChI is InChI=1S/C25H29N3O6S2/c1-19(21-7-5-4-6-8-21)27-35(30,31)23-15-11-22(12-16-23)34-18-25(29)26-17-20-9-13-24(14-10-20)36(32,33)28(2)3/h4-16,19,27H,17-18H2,1-3H3,(H,26,29)/t19-/m1/s1. The zero-order valence-corrected chi connectivity index (χ0v) is 21.8. The molecule has 0 fully saturated rings. The average Bonchev–Trinajstić information content (AvgIpc) is 2.87. The Kier molecular flexibility index (Phi) is 8.85. The number of ether oxygens (including phenoxy) is 1. The summed E-state index contributed by atoms with van der Waals surface area (Å²) in [4.78, 5) is 12.4. The van der Waals surface area contributed by atoms with E-state index in [4.69, 9.17) is 4.74 Å². The molecule has 0 aliphatic carbocycles. The van der Waals surface area contributed by atoms with Crippen molar-refractivity contribution in [2.24, 2.45) is 0 Å². The van der Waals surface area contributed by atoms with Gasteiger partial charge in [0.15, 0.2) is 6.61 Å². The summed E-state index contributed by atoms with van der Waals surface area (Å²) in [5.41, 5.74) is 1.58. The highest BCUT2D eigenvalue weighted by atomic mass is 32.2. The molecule has 0 unspecified atom stereocenters. The molecule has 11 heteroatoms. The number of nitrogens with one attached hydrogen (secondary N) is 2. The molecule has 9 nitrogen and oxygen atoms in total. The molecule has 3 rings (SSSR count). The average molecular weight is 532 g/mol. The topological polar surface area (TPSA) is 122 Å². The number of rotatable bonds is 11. The van der Waals surface area contributed by atoms with Crippen molar-refractivity contribution in [3.8, 4) is 5.75 Å². The molecule has 0 radical (unpaired) electrons. The van der Waals surface area contributed by atoms with E-state index in [1.807, 2.05) is 30.3 Å². The molecule has 0 aliphatic heterocycles. The van der Waals surface area contributed by atoms with Crippen molar-refractivity contribution >= 4 is 26.0 Å². The fraction of sp³-hybridized carbons (Fsp3) is 0.240. The highest BCUT2D eigenvalue weighted by Crippen LogP contribution is 2.19. The maximum Gasteiger partial charge on any atom is 0.258 e. The van der Waals surface area contributed by atoms with Crippen LogP contribution in [0.5, 0.6) is 5.75 Å². The van der Waals surface area contributed by atoms with Gasteiger partial charge in [0.1, 0.15) is 5.75 Å². The van der Waals surface area contributed by atoms with E-state index < -0.39 is 26.1 Å². The summed E-state index contributed by atoms with van der Waals surface area (Å²) in [5, 5.41) is 2.69. The molecule has 0 aliphatic rings. The summed E-state index contributed by atoms with van der Waals surface area (Å²) >= 11 is 0. The van der Waals surface area contributed by atoms with Crippen LogP contribution in [0, 0.1) is 0 Å². The van der Waals surface area contributed by atoms with Crippen LogP contribution >= 0.6 is 0 Å². The molecule has 3 aromatic rings. The maximum atomic E-state index is 12.7. The molecule has 0 heterocycles. The third kappa shape index (κ3) is 7.14. The number of nitrogens with zero attached hydrogens (tertiary/aromatic N) is 1. The number of carbonyl (C=O) groups excluding carboxylic acids is 1. The molecule has 0 saturated heterocycles. The number of benzene rings is 3. The third-order valence-electron chi connectivity index (χ3n) is 5.33. The van der Waals surface area contributed by atoms with Crippen LogP contribution in [-0.4, -0.2) is 47.8 Å². The van der Waals surface area contributed by atoms with E-state index in [9.17, 15) is 21.6 Å². The Labute approximate surface area is 212 Å². The van der Waals surface area contributed by atoms with Crippen molar-refractivity contribution in [1.82, 2.24) is 14.3 Å². The summed E-state index contributed by atoms with van der Waals surface area (Å²) in [6, 6.07) is 20.9. The lowest BCUT2D eigenvalue weighted by Gasteiger charge is -2.15. The van der Waals surface area contributed by atoms with Crippen LogP contribution in [0.15, 0.2) is 88.7 Å². The minimum absolute atomic E-state index is 0.0850. The Bertz CT molecular complexity index is 1370. The van der Waals surface area contributed by atoms with Gasteiger partial charge in [0.05, 0.1) is 9.79 Å². The van der Waals surface area contributed by atoms with Gasteiger partial charge in [0, 0.05) is 26.7 Å². The predicted octanol–water partition coefficient (Wildman–Crippen LogP) is 2.67. The first kappa shape index (κ1) is 27.3. The largest absolute Gasteiger partial charge is 0.484 e. The van der Waals surface area contributed by atoms with E-state index in [-0.39, 0.29) is 28.8 Å². The Morgan fingerprint density at radius 1 is 0.861 bits per heavy atom. The molecule has 1 amide bonds. The van der Waals surface area contributed by atoms with E-state index in [2.05, 4.69) is 10.0 Å². The summed E-state index contributed by atoms with van der Waals surface area (Å²) in [6.45, 7) is 1.71. The van der Waals surface area contributed by atoms with Crippen molar-refractivity contribution in [2.45, 2.75) is 29.3 Å². The van der Waals surface area contributed by atoms with Gasteiger partial charge in [-0.3, -0.25) is 4.79 Å². The first-order valence-corrected chi connectivity index (χ1v) is 14.0. The minimum Gasteiger partial charge on any atom is -0.484 e. The van der Waals surface area contributed by atoms with Crippen LogP contribution in [0.1, 0.15) is 24.1 Å². The fourth-order valence-corrected chi connectivity index (χ4v) is 5.35. The summed E-state index contributed by atoms with van der Waals surface area (Å²) in [7, 11) is -4.33. The molecule has 192 valence electrons. The zero-order valence-electron chi connectivity index (χ0n) is 20.2. The normalized spacial score (nSPS) is 12.8. The first-order chi connectivity index (χ1) is 17.0. The zero-order chi connectivity index (χ0) is 26.3. The molecule has 0 saturated carbocycles. The van der Waals surface area contributed by atoms with Crippen molar-refractivity contribution in [3.63, 3.8) is 0 Å². The third-order valence-corrected chi connectivity index (χ3v) is 8.71. The lowest BCUT2D eigenvalue weighted by atomic mass is 10.1. The first-order valence-electron chi connectivity index (χ1n) is 11.1. The SMILES string of the molecule is C[C@@H](NS(=O)(=O)c1ccc(OCC(=O)NCc2ccc(S(=O)(=O)N(C)C)cc2)cc1)c1ccccc1. The lowest BCUT2D eigenvalue weighted by molar-refractivity contribution is -0.123. The minimum atomic E-state index is -3.74. The van der Waals surface area contributed by atoms with Gasteiger partial charge in [-0.1, -0.05) is 42.5 Å². The second-order valence-electron chi connectivity index (χ2n) is 8.22. The van der Waals surface area contributed by atoms with Crippen LogP contribution in [0.2, 0.25) is 0 Å². The van der Waals surface area contributed by atoms with Gasteiger partial charge < -0.3 is 10.1 Å². The molecule has 0 bridgehead atoms. The van der Waals surface area contributed by atoms with Crippen molar-refractivity contribution < 1.29 is 26.4 Å². The Hall–Kier alpha value is -3.25. The molecular formula is C25H29N3O6S2. The van der Waals surface area contributed by atoms with E-state index in [1.54, 1.807) is 19.1 Å². The van der Waals surface area contributed by atoms with Gasteiger partial charge in [-0.25, -0.2) is 25.9 Å². The Balaban J connectivity index is 1.49. The predicted molar refractivity (Wildman–Crippen MR) is 136 cm³/mol. The van der Waals surface area contributed by atoms with E-state index in [0.717, 1.165) is 15.4 Å². The van der Waals surface area contributed by atoms with Gasteiger partial charge in [-0.2, -0.15) is 0 Å². The number of sulfonamides is 2. The quantitative estimate of drug-likeness (QED) is 0.392. The Morgan fingerprint density at radius 3 is 2.03 bits per heavy atom. The van der Waals surface area contributed by atoms with Crippen molar-refractivity contribution in [3.05, 3.63) is 90.0 Å². The molecule has 3 aromatic carbocycles. The van der Waals surface area contributed by atoms with Crippen LogP contribution in [0.4, 0.5) is 0 Å². The van der Waals surface area contributed by atoms with Gasteiger partial charge in [-0.05, 0) is 54.4 Å². The van der Waals surface area contributed by atoms with Gasteiger partial charge in [-0.15, -0.1) is 0 Å². The van der Waals surface area contributed by atoms with Gasteiger partial charge in [0.2, 0.25) is 20.0 Å². The van der Waals surface area contributed by atoms with Crippen LogP contribution in [-0.2, 0) is 31.4 Å². The van der Waals surface area contributed by atoms with Crippen LogP contribution < -0.4 is 14.8 Å². The van der Waals surface area contributed by atoms with Crippen LogP contribution in [0.3, 0.4) is 0 Å². The second kappa shape index (κ2) is 11.7. The number of carbonyl (C=O) groups is 1. The van der Waals surface area contributed by atoms with Crippen molar-refractivity contribution in [2.75, 3.05) is 20.7 Å². The molecule has 0 aromatic heterocycles. The smallest absolute Gasteiger partial charge is 0.258 e. The number of hydrogen-bond acceptors (Lipinski definition) is 6. The molecule has 2 N–H and O–H groups in total. The van der Waals surface area contributed by atoms with E-state index in [0.29, 0.717) is 5.75 Å². The van der Waals surface area contributed by atoms with Gasteiger partial charge >= 0.3 is 0 Å². The molecule has 1 atom stereocenters. The monoisotopic (exact) mass is 531 g/mol.